The van der Waals surface area contributed by atoms with E-state index in [1.165, 1.54) is 4.90 Å². The number of methoxy groups -OCH3 is 1. The van der Waals surface area contributed by atoms with Crippen LogP contribution in [0.3, 0.4) is 0 Å². The van der Waals surface area contributed by atoms with Crippen LogP contribution in [-0.4, -0.2) is 36.3 Å². The molecule has 2 rings (SSSR count). The second-order valence-corrected chi connectivity index (χ2v) is 6.14. The molecule has 0 spiro atoms. The molecule has 0 aromatic heterocycles. The summed E-state index contributed by atoms with van der Waals surface area (Å²) in [7, 11) is 1.60. The van der Waals surface area contributed by atoms with Crippen molar-refractivity contribution in [1.29, 1.82) is 0 Å². The van der Waals surface area contributed by atoms with Crippen LogP contribution in [0.25, 0.3) is 6.08 Å². The van der Waals surface area contributed by atoms with Gasteiger partial charge in [0.25, 0.3) is 11.1 Å². The van der Waals surface area contributed by atoms with Gasteiger partial charge in [0, 0.05) is 24.7 Å². The predicted molar refractivity (Wildman–Crippen MR) is 83.3 cm³/mol. The molecule has 1 saturated heterocycles. The Morgan fingerprint density at radius 3 is 2.90 bits per heavy atom. The lowest BCUT2D eigenvalue weighted by Crippen LogP contribution is -2.29. The quantitative estimate of drug-likeness (QED) is 0.598. The van der Waals surface area contributed by atoms with Gasteiger partial charge in [-0.05, 0) is 42.0 Å². The van der Waals surface area contributed by atoms with Crippen LogP contribution < -0.4 is 0 Å². The van der Waals surface area contributed by atoms with Crippen molar-refractivity contribution >= 4 is 44.9 Å². The summed E-state index contributed by atoms with van der Waals surface area (Å²) < 4.78 is 5.87. The highest BCUT2D eigenvalue weighted by atomic mass is 79.9. The standard InChI is InChI=1S/C14H14BrNO3S/c1-19-7-3-6-16-13(17)12(20-14(16)18)9-10-4-2-5-11(15)8-10/h2,4-5,8-9H,3,6-7H2,1H3/b12-9+. The van der Waals surface area contributed by atoms with Gasteiger partial charge in [-0.25, -0.2) is 0 Å². The molecule has 0 atom stereocenters. The Morgan fingerprint density at radius 2 is 2.20 bits per heavy atom. The zero-order chi connectivity index (χ0) is 14.5. The zero-order valence-corrected chi connectivity index (χ0v) is 13.4. The summed E-state index contributed by atoms with van der Waals surface area (Å²) in [4.78, 5) is 25.7. The normalized spacial score (nSPS) is 17.3. The minimum absolute atomic E-state index is 0.215. The fourth-order valence-corrected chi connectivity index (χ4v) is 3.09. The first kappa shape index (κ1) is 15.3. The second kappa shape index (κ2) is 7.06. The summed E-state index contributed by atoms with van der Waals surface area (Å²) in [6, 6.07) is 7.59. The van der Waals surface area contributed by atoms with E-state index in [0.717, 1.165) is 21.8 Å². The molecule has 0 saturated carbocycles. The van der Waals surface area contributed by atoms with Gasteiger partial charge in [0.1, 0.15) is 0 Å². The van der Waals surface area contributed by atoms with Crippen LogP contribution in [-0.2, 0) is 9.53 Å². The van der Waals surface area contributed by atoms with Crippen LogP contribution in [0.1, 0.15) is 12.0 Å². The SMILES string of the molecule is COCCCN1C(=O)S/C(=C/c2cccc(Br)c2)C1=O. The van der Waals surface area contributed by atoms with E-state index in [-0.39, 0.29) is 11.1 Å². The number of carbonyl (C=O) groups excluding carboxylic acids is 2. The third-order valence-electron chi connectivity index (χ3n) is 2.75. The monoisotopic (exact) mass is 355 g/mol. The topological polar surface area (TPSA) is 46.6 Å². The number of carbonyl (C=O) groups is 2. The number of hydrogen-bond acceptors (Lipinski definition) is 4. The average molecular weight is 356 g/mol. The van der Waals surface area contributed by atoms with Crippen molar-refractivity contribution in [2.45, 2.75) is 6.42 Å². The number of ether oxygens (including phenoxy) is 1. The van der Waals surface area contributed by atoms with Crippen molar-refractivity contribution in [3.05, 3.63) is 39.2 Å². The number of imide groups is 1. The predicted octanol–water partition coefficient (Wildman–Crippen LogP) is 3.52. The Labute approximate surface area is 130 Å². The molecule has 20 heavy (non-hydrogen) atoms. The van der Waals surface area contributed by atoms with Crippen molar-refractivity contribution in [2.24, 2.45) is 0 Å². The van der Waals surface area contributed by atoms with Crippen molar-refractivity contribution in [1.82, 2.24) is 4.90 Å². The van der Waals surface area contributed by atoms with Gasteiger partial charge in [0.15, 0.2) is 0 Å². The number of halogens is 1. The molecular weight excluding hydrogens is 342 g/mol. The zero-order valence-electron chi connectivity index (χ0n) is 11.0. The van der Waals surface area contributed by atoms with E-state index >= 15 is 0 Å². The van der Waals surface area contributed by atoms with Gasteiger partial charge in [0.2, 0.25) is 0 Å². The summed E-state index contributed by atoms with van der Waals surface area (Å²) in [5, 5.41) is -0.215. The van der Waals surface area contributed by atoms with E-state index in [0.29, 0.717) is 24.5 Å². The van der Waals surface area contributed by atoms with Crippen LogP contribution in [0.5, 0.6) is 0 Å². The summed E-state index contributed by atoms with van der Waals surface area (Å²) in [6.45, 7) is 0.931. The summed E-state index contributed by atoms with van der Waals surface area (Å²) in [6.07, 6.45) is 2.39. The molecule has 0 radical (unpaired) electrons. The Hall–Kier alpha value is -1.11. The molecule has 1 aliphatic rings. The molecule has 1 aliphatic heterocycles. The first-order valence-corrected chi connectivity index (χ1v) is 7.72. The van der Waals surface area contributed by atoms with Crippen molar-refractivity contribution in [3.8, 4) is 0 Å². The molecule has 4 nitrogen and oxygen atoms in total. The number of rotatable bonds is 5. The highest BCUT2D eigenvalue weighted by molar-refractivity contribution is 9.10. The molecule has 0 unspecified atom stereocenters. The van der Waals surface area contributed by atoms with E-state index < -0.39 is 0 Å². The molecule has 1 aromatic carbocycles. The molecule has 2 amide bonds. The molecule has 1 heterocycles. The number of benzene rings is 1. The van der Waals surface area contributed by atoms with E-state index in [1.54, 1.807) is 13.2 Å². The fraction of sp³-hybridized carbons (Fsp3) is 0.286. The summed E-state index contributed by atoms with van der Waals surface area (Å²) in [5.41, 5.74) is 0.891. The van der Waals surface area contributed by atoms with Crippen LogP contribution in [0.4, 0.5) is 4.79 Å². The number of thioether (sulfide) groups is 1. The second-order valence-electron chi connectivity index (χ2n) is 4.23. The summed E-state index contributed by atoms with van der Waals surface area (Å²) >= 11 is 4.36. The molecule has 0 bridgehead atoms. The van der Waals surface area contributed by atoms with Crippen LogP contribution >= 0.6 is 27.7 Å². The molecule has 0 N–H and O–H groups in total. The third kappa shape index (κ3) is 3.71. The highest BCUT2D eigenvalue weighted by Gasteiger charge is 2.34. The fourth-order valence-electron chi connectivity index (χ4n) is 1.81. The van der Waals surface area contributed by atoms with Gasteiger partial charge in [0.05, 0.1) is 4.91 Å². The average Bonchev–Trinajstić information content (AvgIpc) is 2.66. The van der Waals surface area contributed by atoms with Gasteiger partial charge in [-0.2, -0.15) is 0 Å². The Balaban J connectivity index is 2.11. The molecule has 1 aromatic rings. The van der Waals surface area contributed by atoms with E-state index in [4.69, 9.17) is 4.74 Å². The van der Waals surface area contributed by atoms with Crippen molar-refractivity contribution in [2.75, 3.05) is 20.3 Å². The maximum absolute atomic E-state index is 12.2. The van der Waals surface area contributed by atoms with Crippen molar-refractivity contribution < 1.29 is 14.3 Å². The Bertz CT molecular complexity index is 559. The molecule has 106 valence electrons. The van der Waals surface area contributed by atoms with Gasteiger partial charge in [-0.15, -0.1) is 0 Å². The maximum atomic E-state index is 12.2. The van der Waals surface area contributed by atoms with Crippen LogP contribution in [0, 0.1) is 0 Å². The van der Waals surface area contributed by atoms with Gasteiger partial charge >= 0.3 is 0 Å². The number of hydrogen-bond donors (Lipinski definition) is 0. The Morgan fingerprint density at radius 1 is 1.40 bits per heavy atom. The lowest BCUT2D eigenvalue weighted by Gasteiger charge is -2.11. The minimum Gasteiger partial charge on any atom is -0.385 e. The molecular formula is C14H14BrNO3S. The number of amides is 2. The highest BCUT2D eigenvalue weighted by Crippen LogP contribution is 2.32. The molecule has 0 aliphatic carbocycles. The summed E-state index contributed by atoms with van der Waals surface area (Å²) in [5.74, 6) is -0.226. The largest absolute Gasteiger partial charge is 0.385 e. The smallest absolute Gasteiger partial charge is 0.293 e. The van der Waals surface area contributed by atoms with Gasteiger partial charge in [-0.1, -0.05) is 28.1 Å². The van der Waals surface area contributed by atoms with Gasteiger partial charge < -0.3 is 4.74 Å². The van der Waals surface area contributed by atoms with E-state index in [1.807, 2.05) is 24.3 Å². The van der Waals surface area contributed by atoms with Crippen LogP contribution in [0.15, 0.2) is 33.6 Å². The van der Waals surface area contributed by atoms with Gasteiger partial charge in [-0.3, -0.25) is 14.5 Å². The van der Waals surface area contributed by atoms with Crippen molar-refractivity contribution in [3.63, 3.8) is 0 Å². The lowest BCUT2D eigenvalue weighted by molar-refractivity contribution is -0.122. The molecule has 6 heteroatoms. The van der Waals surface area contributed by atoms with E-state index in [9.17, 15) is 9.59 Å². The number of nitrogens with zero attached hydrogens (tertiary/aromatic N) is 1. The Kier molecular flexibility index (Phi) is 5.39. The lowest BCUT2D eigenvalue weighted by atomic mass is 10.2. The first-order valence-electron chi connectivity index (χ1n) is 6.11. The van der Waals surface area contributed by atoms with Crippen LogP contribution in [0.2, 0.25) is 0 Å². The third-order valence-corrected chi connectivity index (χ3v) is 4.15. The van der Waals surface area contributed by atoms with E-state index in [2.05, 4.69) is 15.9 Å². The maximum Gasteiger partial charge on any atom is 0.293 e. The minimum atomic E-state index is -0.226. The first-order chi connectivity index (χ1) is 9.61. The molecule has 1 fully saturated rings.